The monoisotopic (exact) mass is 493 g/mol. The van der Waals surface area contributed by atoms with Crippen LogP contribution in [-0.2, 0) is 17.6 Å². The number of aromatic nitrogens is 2. The fourth-order valence-electron chi connectivity index (χ4n) is 5.47. The molecule has 8 nitrogen and oxygen atoms in total. The Kier molecular flexibility index (Phi) is 4.93. The van der Waals surface area contributed by atoms with Gasteiger partial charge in [-0.25, -0.2) is 14.3 Å². The number of carbonyl (C=O) groups excluding carboxylic acids is 2. The smallest absolute Gasteiger partial charge is 0.315 e. The highest BCUT2D eigenvalue weighted by Gasteiger charge is 2.44. The van der Waals surface area contributed by atoms with Crippen LogP contribution < -0.4 is 15.8 Å². The Hall–Kier alpha value is -3.72. The molecule has 3 amide bonds. The van der Waals surface area contributed by atoms with Crippen molar-refractivity contribution in [2.24, 2.45) is 0 Å². The maximum absolute atomic E-state index is 15.1. The Morgan fingerprint density at radius 1 is 1.17 bits per heavy atom. The molecule has 2 N–H and O–H groups in total. The van der Waals surface area contributed by atoms with Gasteiger partial charge in [0.25, 0.3) is 5.56 Å². The maximum atomic E-state index is 15.1. The number of H-pyrrole nitrogens is 1. The zero-order chi connectivity index (χ0) is 24.4. The molecule has 0 aliphatic carbocycles. The summed E-state index contributed by atoms with van der Waals surface area (Å²) in [4.78, 5) is 40.1. The van der Waals surface area contributed by atoms with E-state index in [9.17, 15) is 14.4 Å². The van der Waals surface area contributed by atoms with Gasteiger partial charge < -0.3 is 15.1 Å². The molecule has 0 spiro atoms. The predicted octanol–water partition coefficient (Wildman–Crippen LogP) is 4.04. The number of aromatic amines is 1. The van der Waals surface area contributed by atoms with Gasteiger partial charge in [-0.2, -0.15) is 5.10 Å². The van der Waals surface area contributed by atoms with E-state index in [1.54, 1.807) is 16.8 Å². The van der Waals surface area contributed by atoms with E-state index in [1.807, 2.05) is 18.2 Å². The van der Waals surface area contributed by atoms with Crippen LogP contribution >= 0.6 is 11.6 Å². The second-order valence-electron chi connectivity index (χ2n) is 9.22. The molecular formula is C25H21ClFN5O3. The summed E-state index contributed by atoms with van der Waals surface area (Å²) >= 11 is 6.52. The fraction of sp³-hybridized carbons (Fsp3) is 0.280. The van der Waals surface area contributed by atoms with E-state index in [1.165, 1.54) is 18.2 Å². The number of carbonyl (C=O) groups is 2. The van der Waals surface area contributed by atoms with Crippen LogP contribution in [0.3, 0.4) is 0 Å². The molecular weight excluding hydrogens is 473 g/mol. The topological polar surface area (TPSA) is 98.4 Å². The summed E-state index contributed by atoms with van der Waals surface area (Å²) in [5.74, 6) is -0.613. The Balaban J connectivity index is 1.27. The molecule has 2 bridgehead atoms. The number of benzene rings is 2. The van der Waals surface area contributed by atoms with Gasteiger partial charge >= 0.3 is 6.03 Å². The average molecular weight is 494 g/mol. The number of halogens is 2. The highest BCUT2D eigenvalue weighted by Crippen LogP contribution is 2.43. The molecule has 1 saturated heterocycles. The molecule has 1 fully saturated rings. The van der Waals surface area contributed by atoms with Gasteiger partial charge in [0.05, 0.1) is 28.9 Å². The van der Waals surface area contributed by atoms with Gasteiger partial charge in [-0.15, -0.1) is 0 Å². The van der Waals surface area contributed by atoms with Gasteiger partial charge in [-0.1, -0.05) is 23.7 Å². The van der Waals surface area contributed by atoms with E-state index in [0.717, 1.165) is 29.7 Å². The zero-order valence-corrected chi connectivity index (χ0v) is 19.5. The average Bonchev–Trinajstić information content (AvgIpc) is 3.30. The third-order valence-corrected chi connectivity index (χ3v) is 7.51. The third-order valence-electron chi connectivity index (χ3n) is 7.20. The van der Waals surface area contributed by atoms with Crippen LogP contribution in [0, 0.1) is 5.82 Å². The minimum Gasteiger partial charge on any atom is -0.315 e. The Morgan fingerprint density at radius 3 is 2.83 bits per heavy atom. The lowest BCUT2D eigenvalue weighted by Gasteiger charge is -2.35. The normalized spacial score (nSPS) is 20.1. The standard InChI is InChI=1S/C25H21ClFN5O3/c1-31-21-7-12(2-3-13(21)9-23(31)34)16-10-18(27)19(11-17(16)26)28-25(35)32-15-4-5-20(32)24-14(6-15)8-22(33)29-30-24/h2-3,7-8,10-11,15,20H,4-6,9H2,1H3,(H,28,35)(H,29,33)/t15?,20-/m1/s1. The molecule has 0 radical (unpaired) electrons. The number of nitrogens with one attached hydrogen (secondary N) is 2. The number of anilines is 2. The Morgan fingerprint density at radius 2 is 2.00 bits per heavy atom. The summed E-state index contributed by atoms with van der Waals surface area (Å²) < 4.78 is 15.1. The quantitative estimate of drug-likeness (QED) is 0.563. The molecule has 2 aromatic carbocycles. The summed E-state index contributed by atoms with van der Waals surface area (Å²) in [7, 11) is 1.71. The van der Waals surface area contributed by atoms with Crippen LogP contribution in [0.25, 0.3) is 11.1 Å². The van der Waals surface area contributed by atoms with Crippen LogP contribution in [0.15, 0.2) is 41.2 Å². The minimum absolute atomic E-state index is 0.00310. The second kappa shape index (κ2) is 7.91. The Bertz CT molecular complexity index is 1470. The summed E-state index contributed by atoms with van der Waals surface area (Å²) in [6, 6.07) is 8.92. The molecule has 1 aromatic heterocycles. The van der Waals surface area contributed by atoms with Crippen molar-refractivity contribution in [1.82, 2.24) is 15.1 Å². The van der Waals surface area contributed by atoms with Crippen LogP contribution in [0.4, 0.5) is 20.6 Å². The SMILES string of the molecule is CN1C(=O)Cc2ccc(-c3cc(F)c(NC(=O)N4C5CC[C@@H]4c4n[nH]c(=O)cc4C5)cc3Cl)cc21. The first-order valence-electron chi connectivity index (χ1n) is 11.4. The van der Waals surface area contributed by atoms with E-state index in [2.05, 4.69) is 15.5 Å². The molecule has 1 unspecified atom stereocenters. The van der Waals surface area contributed by atoms with Gasteiger partial charge in [0.15, 0.2) is 0 Å². The van der Waals surface area contributed by atoms with Gasteiger partial charge in [0.2, 0.25) is 5.91 Å². The van der Waals surface area contributed by atoms with Crippen molar-refractivity contribution >= 4 is 34.9 Å². The van der Waals surface area contributed by atoms with Crippen molar-refractivity contribution < 1.29 is 14.0 Å². The summed E-state index contributed by atoms with van der Waals surface area (Å²) in [6.45, 7) is 0. The molecule has 3 aliphatic rings. The first-order valence-corrected chi connectivity index (χ1v) is 11.7. The number of fused-ring (bicyclic) bond motifs is 5. The molecule has 6 rings (SSSR count). The van der Waals surface area contributed by atoms with Crippen molar-refractivity contribution in [3.05, 3.63) is 74.4 Å². The fourth-order valence-corrected chi connectivity index (χ4v) is 5.74. The first-order chi connectivity index (χ1) is 16.8. The van der Waals surface area contributed by atoms with Crippen molar-refractivity contribution in [3.63, 3.8) is 0 Å². The highest BCUT2D eigenvalue weighted by atomic mass is 35.5. The van der Waals surface area contributed by atoms with Gasteiger partial charge in [0, 0.05) is 30.4 Å². The number of urea groups is 1. The largest absolute Gasteiger partial charge is 0.322 e. The predicted molar refractivity (Wildman–Crippen MR) is 129 cm³/mol. The van der Waals surface area contributed by atoms with Gasteiger partial charge in [-0.3, -0.25) is 9.59 Å². The van der Waals surface area contributed by atoms with Crippen molar-refractivity contribution in [3.8, 4) is 11.1 Å². The molecule has 2 atom stereocenters. The lowest BCUT2D eigenvalue weighted by atomic mass is 9.99. The van der Waals surface area contributed by atoms with Crippen LogP contribution in [0.5, 0.6) is 0 Å². The number of amides is 3. The van der Waals surface area contributed by atoms with Gasteiger partial charge in [-0.05, 0) is 54.2 Å². The number of rotatable bonds is 2. The summed E-state index contributed by atoms with van der Waals surface area (Å²) in [5.41, 5.74) is 4.09. The number of hydrogen-bond acceptors (Lipinski definition) is 4. The molecule has 4 heterocycles. The highest BCUT2D eigenvalue weighted by molar-refractivity contribution is 6.33. The summed E-state index contributed by atoms with van der Waals surface area (Å²) in [5, 5.41) is 9.57. The number of nitrogens with zero attached hydrogens (tertiary/aromatic N) is 3. The van der Waals surface area contributed by atoms with E-state index in [-0.39, 0.29) is 34.3 Å². The van der Waals surface area contributed by atoms with Crippen molar-refractivity contribution in [2.75, 3.05) is 17.3 Å². The maximum Gasteiger partial charge on any atom is 0.322 e. The van der Waals surface area contributed by atoms with E-state index < -0.39 is 11.8 Å². The zero-order valence-electron chi connectivity index (χ0n) is 18.8. The molecule has 3 aliphatic heterocycles. The molecule has 178 valence electrons. The first kappa shape index (κ1) is 21.8. The number of likely N-dealkylation sites (N-methyl/N-ethyl adjacent to an activating group) is 1. The lowest BCUT2D eigenvalue weighted by Crippen LogP contribution is -2.45. The lowest BCUT2D eigenvalue weighted by molar-refractivity contribution is -0.117. The van der Waals surface area contributed by atoms with Gasteiger partial charge in [0.1, 0.15) is 5.82 Å². The minimum atomic E-state index is -0.616. The van der Waals surface area contributed by atoms with E-state index in [0.29, 0.717) is 29.7 Å². The second-order valence-corrected chi connectivity index (χ2v) is 9.62. The number of hydrogen-bond donors (Lipinski definition) is 2. The molecule has 3 aromatic rings. The summed E-state index contributed by atoms with van der Waals surface area (Å²) in [6.07, 6.45) is 2.38. The molecule has 0 saturated carbocycles. The van der Waals surface area contributed by atoms with Crippen LogP contribution in [0.2, 0.25) is 5.02 Å². The molecule has 10 heteroatoms. The van der Waals surface area contributed by atoms with Crippen molar-refractivity contribution in [1.29, 1.82) is 0 Å². The van der Waals surface area contributed by atoms with Crippen LogP contribution in [-0.4, -0.2) is 40.1 Å². The Labute approximate surface area is 204 Å². The third kappa shape index (κ3) is 3.49. The van der Waals surface area contributed by atoms with Crippen molar-refractivity contribution in [2.45, 2.75) is 37.8 Å². The molecule has 35 heavy (non-hydrogen) atoms. The van der Waals surface area contributed by atoms with E-state index in [4.69, 9.17) is 11.6 Å². The van der Waals surface area contributed by atoms with E-state index >= 15 is 4.39 Å². The van der Waals surface area contributed by atoms with Crippen LogP contribution in [0.1, 0.15) is 35.7 Å².